The molecule has 1 saturated heterocycles. The number of likely N-dealkylation sites (N-methyl/N-ethyl adjacent to an activating group) is 1. The molecule has 0 aromatic heterocycles. The Labute approximate surface area is 152 Å². The maximum atomic E-state index is 13.7. The second kappa shape index (κ2) is 6.03. The van der Waals surface area contributed by atoms with Crippen molar-refractivity contribution in [3.05, 3.63) is 59.2 Å². The van der Waals surface area contributed by atoms with Gasteiger partial charge in [0.1, 0.15) is 0 Å². The number of nitrogens with zero attached hydrogens (tertiary/aromatic N) is 1. The van der Waals surface area contributed by atoms with Gasteiger partial charge in [0.2, 0.25) is 0 Å². The third kappa shape index (κ3) is 2.61. The highest BCUT2D eigenvalue weighted by atomic mass is 32.2. The van der Waals surface area contributed by atoms with Crippen LogP contribution in [0, 0.1) is 18.6 Å². The van der Waals surface area contributed by atoms with Gasteiger partial charge in [0, 0.05) is 6.42 Å². The van der Waals surface area contributed by atoms with Crippen molar-refractivity contribution in [2.24, 2.45) is 0 Å². The maximum Gasteiger partial charge on any atom is 0.264 e. The second-order valence-corrected chi connectivity index (χ2v) is 9.13. The molecule has 1 unspecified atom stereocenters. The molecule has 2 aliphatic rings. The summed E-state index contributed by atoms with van der Waals surface area (Å²) >= 11 is 0. The third-order valence-electron chi connectivity index (χ3n) is 5.47. The zero-order chi connectivity index (χ0) is 18.6. The molecular formula is C19H21F2N2O2S+. The van der Waals surface area contributed by atoms with Crippen LogP contribution in [0.2, 0.25) is 0 Å². The van der Waals surface area contributed by atoms with E-state index in [1.165, 1.54) is 9.21 Å². The molecule has 0 radical (unpaired) electrons. The van der Waals surface area contributed by atoms with E-state index >= 15 is 0 Å². The summed E-state index contributed by atoms with van der Waals surface area (Å²) in [7, 11) is -1.87. The summed E-state index contributed by atoms with van der Waals surface area (Å²) in [5, 5.41) is 0. The van der Waals surface area contributed by atoms with Gasteiger partial charge in [-0.25, -0.2) is 17.2 Å². The van der Waals surface area contributed by atoms with Gasteiger partial charge in [0.05, 0.1) is 42.7 Å². The molecule has 2 aromatic rings. The van der Waals surface area contributed by atoms with E-state index in [0.29, 0.717) is 5.69 Å². The van der Waals surface area contributed by atoms with Crippen LogP contribution in [0.5, 0.6) is 0 Å². The minimum Gasteiger partial charge on any atom is -0.337 e. The van der Waals surface area contributed by atoms with Crippen LogP contribution in [0.15, 0.2) is 41.3 Å². The number of nitrogens with one attached hydrogen (secondary N) is 1. The molecule has 0 amide bonds. The number of piperidine rings is 1. The van der Waals surface area contributed by atoms with Crippen molar-refractivity contribution < 1.29 is 22.1 Å². The number of anilines is 1. The van der Waals surface area contributed by atoms with Gasteiger partial charge in [-0.2, -0.15) is 0 Å². The SMILES string of the molecule is Cc1ccc2c(c1)[C@@H]1C[NH+](C)CC[C@@H]1N2S(=O)(=O)c1ccc(F)c(F)c1. The zero-order valence-corrected chi connectivity index (χ0v) is 15.5. The number of sulfonamides is 1. The van der Waals surface area contributed by atoms with Gasteiger partial charge in [0.15, 0.2) is 11.6 Å². The monoisotopic (exact) mass is 379 g/mol. The molecule has 0 bridgehead atoms. The Morgan fingerprint density at radius 1 is 1.12 bits per heavy atom. The van der Waals surface area contributed by atoms with Gasteiger partial charge in [-0.1, -0.05) is 17.7 Å². The van der Waals surface area contributed by atoms with Gasteiger partial charge in [-0.15, -0.1) is 0 Å². The van der Waals surface area contributed by atoms with Crippen molar-refractivity contribution in [1.82, 2.24) is 0 Å². The molecule has 1 N–H and O–H groups in total. The number of likely N-dealkylation sites (tertiary alicyclic amines) is 1. The molecule has 0 aliphatic carbocycles. The summed E-state index contributed by atoms with van der Waals surface area (Å²) < 4.78 is 55.0. The quantitative estimate of drug-likeness (QED) is 0.865. The number of hydrogen-bond acceptors (Lipinski definition) is 2. The molecule has 138 valence electrons. The number of quaternary nitrogens is 1. The molecule has 26 heavy (non-hydrogen) atoms. The van der Waals surface area contributed by atoms with Crippen LogP contribution in [0.1, 0.15) is 23.5 Å². The summed E-state index contributed by atoms with van der Waals surface area (Å²) in [4.78, 5) is 1.15. The fourth-order valence-corrected chi connectivity index (χ4v) is 5.97. The van der Waals surface area contributed by atoms with Gasteiger partial charge < -0.3 is 4.90 Å². The van der Waals surface area contributed by atoms with Crippen LogP contribution in [0.3, 0.4) is 0 Å². The summed E-state index contributed by atoms with van der Waals surface area (Å²) in [6.45, 7) is 3.71. The molecule has 2 aliphatic heterocycles. The summed E-state index contributed by atoms with van der Waals surface area (Å²) in [6, 6.07) is 8.35. The van der Waals surface area contributed by atoms with E-state index in [4.69, 9.17) is 0 Å². The van der Waals surface area contributed by atoms with Crippen molar-refractivity contribution in [2.75, 3.05) is 24.4 Å². The molecule has 2 aromatic carbocycles. The lowest BCUT2D eigenvalue weighted by atomic mass is 9.89. The van der Waals surface area contributed by atoms with E-state index in [2.05, 4.69) is 7.05 Å². The fraction of sp³-hybridized carbons (Fsp3) is 0.368. The average molecular weight is 379 g/mol. The average Bonchev–Trinajstić information content (AvgIpc) is 2.91. The van der Waals surface area contributed by atoms with Crippen LogP contribution >= 0.6 is 0 Å². The molecule has 3 atom stereocenters. The van der Waals surface area contributed by atoms with Crippen LogP contribution in [0.4, 0.5) is 14.5 Å². The molecule has 4 nitrogen and oxygen atoms in total. The lowest BCUT2D eigenvalue weighted by molar-refractivity contribution is -0.886. The predicted octanol–water partition coefficient (Wildman–Crippen LogP) is 1.85. The van der Waals surface area contributed by atoms with Crippen molar-refractivity contribution in [3.8, 4) is 0 Å². The summed E-state index contributed by atoms with van der Waals surface area (Å²) in [6.07, 6.45) is 0.729. The standard InChI is InChI=1S/C19H20F2N2O2S/c1-12-3-6-18-14(9-12)15-11-22(2)8-7-19(15)23(18)26(24,25)13-4-5-16(20)17(21)10-13/h3-6,9-10,15,19H,7-8,11H2,1-2H3/p+1/t15-,19-/m0/s1. The number of halogens is 2. The van der Waals surface area contributed by atoms with E-state index in [1.807, 2.05) is 25.1 Å². The molecular weight excluding hydrogens is 358 g/mol. The van der Waals surface area contributed by atoms with E-state index < -0.39 is 21.7 Å². The Kier molecular flexibility index (Phi) is 4.04. The largest absolute Gasteiger partial charge is 0.337 e. The highest BCUT2D eigenvalue weighted by Gasteiger charge is 2.48. The number of aryl methyl sites for hydroxylation is 1. The van der Waals surface area contributed by atoms with E-state index in [1.54, 1.807) is 0 Å². The minimum absolute atomic E-state index is 0.110. The van der Waals surface area contributed by atoms with Crippen LogP contribution < -0.4 is 9.21 Å². The van der Waals surface area contributed by atoms with Crippen molar-refractivity contribution in [2.45, 2.75) is 30.2 Å². The number of fused-ring (bicyclic) bond motifs is 3. The zero-order valence-electron chi connectivity index (χ0n) is 14.7. The Balaban J connectivity index is 1.86. The topological polar surface area (TPSA) is 41.8 Å². The van der Waals surface area contributed by atoms with Gasteiger partial charge in [0.25, 0.3) is 10.0 Å². The van der Waals surface area contributed by atoms with Crippen molar-refractivity contribution in [3.63, 3.8) is 0 Å². The minimum atomic E-state index is -3.97. The normalized spacial score (nSPS) is 25.1. The highest BCUT2D eigenvalue weighted by molar-refractivity contribution is 7.92. The Morgan fingerprint density at radius 3 is 2.62 bits per heavy atom. The predicted molar refractivity (Wildman–Crippen MR) is 95.0 cm³/mol. The molecule has 7 heteroatoms. The first-order chi connectivity index (χ1) is 12.3. The number of hydrogen-bond donors (Lipinski definition) is 1. The lowest BCUT2D eigenvalue weighted by Gasteiger charge is -2.34. The van der Waals surface area contributed by atoms with Gasteiger partial charge in [-0.3, -0.25) is 4.31 Å². The third-order valence-corrected chi connectivity index (χ3v) is 7.30. The van der Waals surface area contributed by atoms with Crippen LogP contribution in [-0.4, -0.2) is 34.6 Å². The first kappa shape index (κ1) is 17.4. The second-order valence-electron chi connectivity index (χ2n) is 7.31. The highest BCUT2D eigenvalue weighted by Crippen LogP contribution is 2.45. The Bertz CT molecular complexity index is 977. The fourth-order valence-electron chi connectivity index (χ4n) is 4.22. The van der Waals surface area contributed by atoms with E-state index in [-0.39, 0.29) is 16.9 Å². The maximum absolute atomic E-state index is 13.7. The van der Waals surface area contributed by atoms with Crippen molar-refractivity contribution in [1.29, 1.82) is 0 Å². The molecule has 2 heterocycles. The first-order valence-electron chi connectivity index (χ1n) is 8.70. The van der Waals surface area contributed by atoms with Gasteiger partial charge in [-0.05, 0) is 36.8 Å². The summed E-state index contributed by atoms with van der Waals surface area (Å²) in [5.74, 6) is -2.10. The van der Waals surface area contributed by atoms with Crippen molar-refractivity contribution >= 4 is 15.7 Å². The van der Waals surface area contributed by atoms with Crippen LogP contribution in [-0.2, 0) is 10.0 Å². The summed E-state index contributed by atoms with van der Waals surface area (Å²) in [5.41, 5.74) is 2.77. The van der Waals surface area contributed by atoms with Gasteiger partial charge >= 0.3 is 0 Å². The lowest BCUT2D eigenvalue weighted by Crippen LogP contribution is -3.11. The van der Waals surface area contributed by atoms with Crippen LogP contribution in [0.25, 0.3) is 0 Å². The number of benzene rings is 2. The Hall–Kier alpha value is -1.99. The molecule has 0 saturated carbocycles. The smallest absolute Gasteiger partial charge is 0.264 e. The molecule has 1 fully saturated rings. The Morgan fingerprint density at radius 2 is 1.88 bits per heavy atom. The number of rotatable bonds is 2. The van der Waals surface area contributed by atoms with E-state index in [9.17, 15) is 17.2 Å². The molecule has 0 spiro atoms. The van der Waals surface area contributed by atoms with E-state index in [0.717, 1.165) is 48.8 Å². The molecule has 4 rings (SSSR count). The first-order valence-corrected chi connectivity index (χ1v) is 10.1.